The van der Waals surface area contributed by atoms with Crippen molar-refractivity contribution in [1.82, 2.24) is 19.4 Å². The summed E-state index contributed by atoms with van der Waals surface area (Å²) >= 11 is 4.88. The molecule has 0 aliphatic rings. The van der Waals surface area contributed by atoms with Gasteiger partial charge in [-0.05, 0) is 24.6 Å². The van der Waals surface area contributed by atoms with Gasteiger partial charge >= 0.3 is 0 Å². The fourth-order valence-corrected chi connectivity index (χ4v) is 4.45. The summed E-state index contributed by atoms with van der Waals surface area (Å²) in [7, 11) is 0. The summed E-state index contributed by atoms with van der Waals surface area (Å²) in [4.78, 5) is 14.9. The first kappa shape index (κ1) is 12.4. The summed E-state index contributed by atoms with van der Waals surface area (Å²) < 4.78 is 3.25. The summed E-state index contributed by atoms with van der Waals surface area (Å²) in [6, 6.07) is 8.16. The van der Waals surface area contributed by atoms with Crippen LogP contribution in [0.4, 0.5) is 0 Å². The van der Waals surface area contributed by atoms with Crippen molar-refractivity contribution in [2.45, 2.75) is 10.2 Å². The molecule has 0 bridgehead atoms. The minimum Gasteiger partial charge on any atom is -0.267 e. The zero-order valence-electron chi connectivity index (χ0n) is 10.8. The van der Waals surface area contributed by atoms with Crippen molar-refractivity contribution in [3.05, 3.63) is 24.3 Å². The van der Waals surface area contributed by atoms with Gasteiger partial charge in [-0.3, -0.25) is 4.40 Å². The largest absolute Gasteiger partial charge is 0.267 e. The zero-order chi connectivity index (χ0) is 13.7. The number of rotatable bonds is 2. The molecule has 0 N–H and O–H groups in total. The highest BCUT2D eigenvalue weighted by Crippen LogP contribution is 2.34. The molecule has 7 heteroatoms. The van der Waals surface area contributed by atoms with Crippen molar-refractivity contribution in [3.63, 3.8) is 0 Å². The second kappa shape index (κ2) is 4.61. The average molecular weight is 318 g/mol. The molecule has 20 heavy (non-hydrogen) atoms. The molecule has 0 fully saturated rings. The molecule has 0 saturated heterocycles. The molecule has 3 heterocycles. The molecule has 100 valence electrons. The van der Waals surface area contributed by atoms with Crippen molar-refractivity contribution in [3.8, 4) is 0 Å². The minimum absolute atomic E-state index is 0.805. The Hall–Kier alpha value is -1.31. The Morgan fingerprint density at radius 1 is 1.05 bits per heavy atom. The molecule has 1 aromatic carbocycles. The number of thioether (sulfide) groups is 2. The fourth-order valence-electron chi connectivity index (χ4n) is 2.24. The van der Waals surface area contributed by atoms with E-state index in [1.54, 1.807) is 34.9 Å². The van der Waals surface area contributed by atoms with Crippen LogP contribution in [0.5, 0.6) is 0 Å². The lowest BCUT2D eigenvalue weighted by Crippen LogP contribution is -1.92. The lowest BCUT2D eigenvalue weighted by molar-refractivity contribution is 0.927. The monoisotopic (exact) mass is 318 g/mol. The van der Waals surface area contributed by atoms with Crippen LogP contribution in [0.15, 0.2) is 34.4 Å². The number of benzene rings is 1. The number of imidazole rings is 1. The highest BCUT2D eigenvalue weighted by atomic mass is 32.2. The highest BCUT2D eigenvalue weighted by molar-refractivity contribution is 7.99. The van der Waals surface area contributed by atoms with Crippen molar-refractivity contribution in [1.29, 1.82) is 0 Å². The van der Waals surface area contributed by atoms with E-state index in [1.807, 2.05) is 30.7 Å². The van der Waals surface area contributed by atoms with E-state index in [0.717, 1.165) is 36.5 Å². The Labute approximate surface area is 127 Å². The summed E-state index contributed by atoms with van der Waals surface area (Å²) in [5.41, 5.74) is 3.07. The zero-order valence-corrected chi connectivity index (χ0v) is 13.3. The molecule has 0 saturated carbocycles. The molecule has 0 aliphatic heterocycles. The van der Waals surface area contributed by atoms with Crippen LogP contribution in [0, 0.1) is 0 Å². The quantitative estimate of drug-likeness (QED) is 0.318. The van der Waals surface area contributed by atoms with Crippen LogP contribution in [0.2, 0.25) is 0 Å². The first-order chi connectivity index (χ1) is 9.81. The van der Waals surface area contributed by atoms with Gasteiger partial charge in [0, 0.05) is 0 Å². The average Bonchev–Trinajstić information content (AvgIpc) is 3.01. The van der Waals surface area contributed by atoms with Gasteiger partial charge in [0.1, 0.15) is 9.73 Å². The summed E-state index contributed by atoms with van der Waals surface area (Å²) in [5.74, 6) is 0. The summed E-state index contributed by atoms with van der Waals surface area (Å²) in [6.45, 7) is 0. The Kier molecular flexibility index (Phi) is 2.87. The third kappa shape index (κ3) is 1.66. The van der Waals surface area contributed by atoms with Crippen molar-refractivity contribution in [2.24, 2.45) is 0 Å². The first-order valence-electron chi connectivity index (χ1n) is 5.97. The smallest absolute Gasteiger partial charge is 0.197 e. The van der Waals surface area contributed by atoms with Crippen molar-refractivity contribution >= 4 is 61.2 Å². The van der Waals surface area contributed by atoms with Crippen LogP contribution >= 0.6 is 34.9 Å². The van der Waals surface area contributed by atoms with Crippen molar-refractivity contribution < 1.29 is 0 Å². The summed E-state index contributed by atoms with van der Waals surface area (Å²) in [5, 5.41) is 1.83. The second-order valence-electron chi connectivity index (χ2n) is 4.19. The van der Waals surface area contributed by atoms with E-state index in [1.165, 1.54) is 0 Å². The topological polar surface area (TPSA) is 43.1 Å². The van der Waals surface area contributed by atoms with Crippen molar-refractivity contribution in [2.75, 3.05) is 12.5 Å². The maximum absolute atomic E-state index is 4.68. The van der Waals surface area contributed by atoms with Crippen LogP contribution < -0.4 is 0 Å². The normalized spacial score (nSPS) is 11.9. The Balaban J connectivity index is 2.23. The van der Waals surface area contributed by atoms with Gasteiger partial charge in [0.15, 0.2) is 15.8 Å². The molecule has 0 spiro atoms. The predicted octanol–water partition coefficient (Wildman–Crippen LogP) is 3.94. The number of para-hydroxylation sites is 2. The van der Waals surface area contributed by atoms with Crippen LogP contribution in [-0.2, 0) is 0 Å². The van der Waals surface area contributed by atoms with Crippen LogP contribution in [0.3, 0.4) is 0 Å². The van der Waals surface area contributed by atoms with E-state index in [0.29, 0.717) is 0 Å². The third-order valence-electron chi connectivity index (χ3n) is 3.11. The molecule has 0 unspecified atom stereocenters. The van der Waals surface area contributed by atoms with Gasteiger partial charge in [-0.25, -0.2) is 15.0 Å². The predicted molar refractivity (Wildman–Crippen MR) is 87.2 cm³/mol. The van der Waals surface area contributed by atoms with E-state index in [9.17, 15) is 0 Å². The Bertz CT molecular complexity index is 941. The first-order valence-corrected chi connectivity index (χ1v) is 9.24. The fraction of sp³-hybridized carbons (Fsp3) is 0.154. The van der Waals surface area contributed by atoms with Gasteiger partial charge < -0.3 is 0 Å². The minimum atomic E-state index is 0.805. The molecular weight excluding hydrogens is 308 g/mol. The van der Waals surface area contributed by atoms with E-state index in [4.69, 9.17) is 0 Å². The van der Waals surface area contributed by atoms with E-state index in [2.05, 4.69) is 25.4 Å². The number of aromatic nitrogens is 4. The van der Waals surface area contributed by atoms with Crippen LogP contribution in [0.1, 0.15) is 0 Å². The van der Waals surface area contributed by atoms with Crippen LogP contribution in [-0.4, -0.2) is 31.9 Å². The Morgan fingerprint density at radius 2 is 1.90 bits per heavy atom. The third-order valence-corrected chi connectivity index (χ3v) is 5.50. The SMILES string of the molecule is CSc1nc(SC)c2sc3nc4ccccc4n3c2n1. The second-order valence-corrected chi connectivity index (χ2v) is 6.74. The van der Waals surface area contributed by atoms with Gasteiger partial charge in [-0.15, -0.1) is 11.8 Å². The molecule has 0 aliphatic carbocycles. The van der Waals surface area contributed by atoms with Gasteiger partial charge in [0.25, 0.3) is 0 Å². The maximum atomic E-state index is 4.68. The Morgan fingerprint density at radius 3 is 2.70 bits per heavy atom. The van der Waals surface area contributed by atoms with E-state index in [-0.39, 0.29) is 0 Å². The van der Waals surface area contributed by atoms with E-state index < -0.39 is 0 Å². The van der Waals surface area contributed by atoms with Gasteiger partial charge in [0.2, 0.25) is 0 Å². The number of hydrogen-bond acceptors (Lipinski definition) is 6. The number of fused-ring (bicyclic) bond motifs is 5. The standard InChI is InChI=1S/C13H10N4S3/c1-18-11-9-10(15-12(16-11)19-2)17-8-6-4-3-5-7(8)14-13(17)20-9/h3-6H,1-2H3. The molecule has 0 atom stereocenters. The molecule has 0 amide bonds. The highest BCUT2D eigenvalue weighted by Gasteiger charge is 2.16. The number of thiazole rings is 1. The number of nitrogens with zero attached hydrogens (tertiary/aromatic N) is 4. The lowest BCUT2D eigenvalue weighted by atomic mass is 10.3. The number of hydrogen-bond donors (Lipinski definition) is 0. The summed E-state index contributed by atoms with van der Waals surface area (Å²) in [6.07, 6.45) is 4.05. The molecular formula is C13H10N4S3. The van der Waals surface area contributed by atoms with Gasteiger partial charge in [-0.1, -0.05) is 35.2 Å². The van der Waals surface area contributed by atoms with Gasteiger partial charge in [-0.2, -0.15) is 0 Å². The molecule has 4 nitrogen and oxygen atoms in total. The van der Waals surface area contributed by atoms with E-state index >= 15 is 0 Å². The molecule has 3 aromatic heterocycles. The molecule has 4 rings (SSSR count). The lowest BCUT2D eigenvalue weighted by Gasteiger charge is -2.01. The molecule has 4 aromatic rings. The van der Waals surface area contributed by atoms with Crippen LogP contribution in [0.25, 0.3) is 26.3 Å². The molecule has 0 radical (unpaired) electrons. The van der Waals surface area contributed by atoms with Gasteiger partial charge in [0.05, 0.1) is 11.0 Å². The maximum Gasteiger partial charge on any atom is 0.197 e.